The molecule has 1 amide bonds. The first-order valence-electron chi connectivity index (χ1n) is 6.41. The third-order valence-electron chi connectivity index (χ3n) is 2.96. The van der Waals surface area contributed by atoms with Gasteiger partial charge in [-0.05, 0) is 32.0 Å². The number of anilines is 1. The zero-order valence-corrected chi connectivity index (χ0v) is 13.1. The Morgan fingerprint density at radius 2 is 1.95 bits per heavy atom. The van der Waals surface area contributed by atoms with Gasteiger partial charge >= 0.3 is 12.1 Å². The summed E-state index contributed by atoms with van der Waals surface area (Å²) in [6.07, 6.45) is -4.35. The van der Waals surface area contributed by atoms with Crippen molar-refractivity contribution in [1.82, 2.24) is 0 Å². The van der Waals surface area contributed by atoms with Crippen molar-refractivity contribution in [1.29, 1.82) is 0 Å². The molecule has 0 aromatic heterocycles. The number of benzene rings is 1. The van der Waals surface area contributed by atoms with Crippen LogP contribution in [0.25, 0.3) is 0 Å². The summed E-state index contributed by atoms with van der Waals surface area (Å²) in [6, 6.07) is 3.88. The quantitative estimate of drug-likeness (QED) is 0.851. The maximum atomic E-state index is 12.1. The minimum Gasteiger partial charge on any atom is -0.492 e. The fourth-order valence-corrected chi connectivity index (χ4v) is 1.64. The first kappa shape index (κ1) is 18.6. The average Bonchev–Trinajstić information content (AvgIpc) is 2.40. The maximum absolute atomic E-state index is 12.1. The van der Waals surface area contributed by atoms with Gasteiger partial charge in [0.05, 0.1) is 17.2 Å². The van der Waals surface area contributed by atoms with E-state index in [9.17, 15) is 18.0 Å². The van der Waals surface area contributed by atoms with E-state index in [1.54, 1.807) is 12.4 Å². The van der Waals surface area contributed by atoms with E-state index in [1.165, 1.54) is 18.2 Å². The van der Waals surface area contributed by atoms with Crippen LogP contribution >= 0.6 is 11.6 Å². The van der Waals surface area contributed by atoms with Crippen molar-refractivity contribution in [2.24, 2.45) is 0 Å². The molecule has 0 aliphatic heterocycles. The molecule has 8 heteroatoms. The molecular formula is C14H17ClF3NO3. The number of carbonyl (C=O) groups excluding carboxylic acids is 1. The molecule has 0 spiro atoms. The van der Waals surface area contributed by atoms with Gasteiger partial charge in [0, 0.05) is 19.2 Å². The highest BCUT2D eigenvalue weighted by molar-refractivity contribution is 6.32. The number of nitrogens with one attached hydrogen (secondary N) is 1. The summed E-state index contributed by atoms with van der Waals surface area (Å²) in [6.45, 7) is 4.12. The molecule has 0 fully saturated rings. The standard InChI is InChI=1S/C14H17ClF3NO3/c1-13(2,21-3)6-7-22-11-5-4-9(8-10(11)15)19-12(20)14(16,17)18/h4-5,8H,6-7H2,1-3H3,(H,19,20). The second kappa shape index (κ2) is 7.19. The van der Waals surface area contributed by atoms with Crippen LogP contribution in [0.15, 0.2) is 18.2 Å². The number of rotatable bonds is 6. The zero-order chi connectivity index (χ0) is 17.0. The van der Waals surface area contributed by atoms with E-state index < -0.39 is 12.1 Å². The lowest BCUT2D eigenvalue weighted by molar-refractivity contribution is -0.167. The Bertz CT molecular complexity index is 533. The van der Waals surface area contributed by atoms with Gasteiger partial charge in [0.1, 0.15) is 5.75 Å². The van der Waals surface area contributed by atoms with E-state index in [1.807, 2.05) is 13.8 Å². The van der Waals surface area contributed by atoms with Crippen LogP contribution in [0.4, 0.5) is 18.9 Å². The monoisotopic (exact) mass is 339 g/mol. The molecule has 4 nitrogen and oxygen atoms in total. The molecule has 0 saturated carbocycles. The molecule has 0 atom stereocenters. The van der Waals surface area contributed by atoms with Crippen LogP contribution in [0.3, 0.4) is 0 Å². The Hall–Kier alpha value is -1.47. The lowest BCUT2D eigenvalue weighted by Gasteiger charge is -2.22. The normalized spacial score (nSPS) is 12.1. The van der Waals surface area contributed by atoms with E-state index in [0.29, 0.717) is 18.8 Å². The summed E-state index contributed by atoms with van der Waals surface area (Å²) in [4.78, 5) is 10.8. The Morgan fingerprint density at radius 1 is 1.32 bits per heavy atom. The van der Waals surface area contributed by atoms with Crippen molar-refractivity contribution in [2.75, 3.05) is 19.0 Å². The van der Waals surface area contributed by atoms with Crippen molar-refractivity contribution < 1.29 is 27.4 Å². The fraction of sp³-hybridized carbons (Fsp3) is 0.500. The first-order chi connectivity index (χ1) is 10.0. The summed E-state index contributed by atoms with van der Waals surface area (Å²) in [5, 5.41) is 1.82. The number of carbonyl (C=O) groups is 1. The average molecular weight is 340 g/mol. The molecular weight excluding hydrogens is 323 g/mol. The molecule has 0 heterocycles. The molecule has 1 aromatic rings. The SMILES string of the molecule is COC(C)(C)CCOc1ccc(NC(=O)C(F)(F)F)cc1Cl. The number of methoxy groups -OCH3 is 1. The molecule has 1 N–H and O–H groups in total. The summed E-state index contributed by atoms with van der Waals surface area (Å²) >= 11 is 5.92. The van der Waals surface area contributed by atoms with Crippen molar-refractivity contribution in [3.05, 3.63) is 23.2 Å². The van der Waals surface area contributed by atoms with Crippen molar-refractivity contribution >= 4 is 23.2 Å². The van der Waals surface area contributed by atoms with Crippen LogP contribution in [0.2, 0.25) is 5.02 Å². The lowest BCUT2D eigenvalue weighted by Crippen LogP contribution is -2.29. The second-order valence-corrected chi connectivity index (χ2v) is 5.57. The highest BCUT2D eigenvalue weighted by atomic mass is 35.5. The van der Waals surface area contributed by atoms with E-state index in [0.717, 1.165) is 0 Å². The topological polar surface area (TPSA) is 47.6 Å². The van der Waals surface area contributed by atoms with Crippen LogP contribution < -0.4 is 10.1 Å². The second-order valence-electron chi connectivity index (χ2n) is 5.16. The third-order valence-corrected chi connectivity index (χ3v) is 3.26. The number of halogens is 4. The van der Waals surface area contributed by atoms with Gasteiger partial charge in [-0.25, -0.2) is 0 Å². The summed E-state index contributed by atoms with van der Waals surface area (Å²) in [5.41, 5.74) is -0.412. The molecule has 22 heavy (non-hydrogen) atoms. The molecule has 1 aromatic carbocycles. The van der Waals surface area contributed by atoms with E-state index in [4.69, 9.17) is 21.1 Å². The number of ether oxygens (including phenoxy) is 2. The van der Waals surface area contributed by atoms with Gasteiger partial charge in [-0.3, -0.25) is 4.79 Å². The minimum absolute atomic E-state index is 0.0584. The van der Waals surface area contributed by atoms with Crippen LogP contribution in [-0.2, 0) is 9.53 Å². The summed E-state index contributed by atoms with van der Waals surface area (Å²) < 4.78 is 47.1. The number of hydrogen-bond donors (Lipinski definition) is 1. The van der Waals surface area contributed by atoms with Crippen molar-refractivity contribution in [3.63, 3.8) is 0 Å². The van der Waals surface area contributed by atoms with E-state index >= 15 is 0 Å². The Labute approximate surface area is 131 Å². The zero-order valence-electron chi connectivity index (χ0n) is 12.4. The van der Waals surface area contributed by atoms with Gasteiger partial charge in [0.15, 0.2) is 0 Å². The van der Waals surface area contributed by atoms with Gasteiger partial charge in [-0.2, -0.15) is 13.2 Å². The predicted molar refractivity (Wildman–Crippen MR) is 77.3 cm³/mol. The predicted octanol–water partition coefficient (Wildman–Crippen LogP) is 4.03. The van der Waals surface area contributed by atoms with Gasteiger partial charge in [0.2, 0.25) is 0 Å². The van der Waals surface area contributed by atoms with Crippen LogP contribution in [0.1, 0.15) is 20.3 Å². The van der Waals surface area contributed by atoms with Gasteiger partial charge in [0.25, 0.3) is 0 Å². The molecule has 0 aliphatic rings. The molecule has 0 radical (unpaired) electrons. The van der Waals surface area contributed by atoms with Crippen LogP contribution in [0.5, 0.6) is 5.75 Å². The smallest absolute Gasteiger partial charge is 0.471 e. The molecule has 0 bridgehead atoms. The fourth-order valence-electron chi connectivity index (χ4n) is 1.41. The summed E-state index contributed by atoms with van der Waals surface area (Å²) in [7, 11) is 1.59. The van der Waals surface area contributed by atoms with Crippen LogP contribution in [0, 0.1) is 0 Å². The minimum atomic E-state index is -4.95. The maximum Gasteiger partial charge on any atom is 0.471 e. The first-order valence-corrected chi connectivity index (χ1v) is 6.78. The van der Waals surface area contributed by atoms with Crippen molar-refractivity contribution in [3.8, 4) is 5.75 Å². The Balaban J connectivity index is 2.65. The molecule has 0 aliphatic carbocycles. The number of hydrogen-bond acceptors (Lipinski definition) is 3. The highest BCUT2D eigenvalue weighted by Gasteiger charge is 2.38. The van der Waals surface area contributed by atoms with E-state index in [-0.39, 0.29) is 16.3 Å². The molecule has 1 rings (SSSR count). The van der Waals surface area contributed by atoms with Crippen molar-refractivity contribution in [2.45, 2.75) is 32.0 Å². The summed E-state index contributed by atoms with van der Waals surface area (Å²) in [5.74, 6) is -1.74. The molecule has 0 unspecified atom stereocenters. The van der Waals surface area contributed by atoms with E-state index in [2.05, 4.69) is 0 Å². The third kappa shape index (κ3) is 5.73. The number of amides is 1. The van der Waals surface area contributed by atoms with Gasteiger partial charge < -0.3 is 14.8 Å². The molecule has 124 valence electrons. The van der Waals surface area contributed by atoms with Gasteiger partial charge in [-0.1, -0.05) is 11.6 Å². The lowest BCUT2D eigenvalue weighted by atomic mass is 10.1. The van der Waals surface area contributed by atoms with Crippen LogP contribution in [-0.4, -0.2) is 31.4 Å². The Kier molecular flexibility index (Phi) is 6.08. The largest absolute Gasteiger partial charge is 0.492 e. The Morgan fingerprint density at radius 3 is 2.45 bits per heavy atom. The molecule has 0 saturated heterocycles. The van der Waals surface area contributed by atoms with Gasteiger partial charge in [-0.15, -0.1) is 0 Å². The highest BCUT2D eigenvalue weighted by Crippen LogP contribution is 2.29. The number of alkyl halides is 3.